The molecule has 260 valence electrons. The summed E-state index contributed by atoms with van der Waals surface area (Å²) in [7, 11) is 6.12. The van der Waals surface area contributed by atoms with Gasteiger partial charge in [-0.15, -0.1) is 0 Å². The fraction of sp³-hybridized carbons (Fsp3) is 0.0870. The van der Waals surface area contributed by atoms with E-state index in [-0.39, 0.29) is 0 Å². The predicted octanol–water partition coefficient (Wildman–Crippen LogP) is 9.08. The first kappa shape index (κ1) is 36.8. The monoisotopic (exact) mass is 805 g/mol. The third-order valence-electron chi connectivity index (χ3n) is 8.84. The Hall–Kier alpha value is -5.93. The number of pyridine rings is 6. The Bertz CT molecular complexity index is 2060. The highest BCUT2D eigenvalue weighted by Gasteiger charge is 2.11. The number of halogens is 1. The van der Waals surface area contributed by atoms with E-state index in [2.05, 4.69) is 161 Å². The molecule has 53 heavy (non-hydrogen) atoms. The maximum atomic E-state index is 4.12. The zero-order valence-corrected chi connectivity index (χ0v) is 32.5. The number of hydrogen-bond acceptors (Lipinski definition) is 3. The fourth-order valence-corrected chi connectivity index (χ4v) is 5.97. The summed E-state index contributed by atoms with van der Waals surface area (Å²) >= 11 is 2.15. The molecule has 0 spiro atoms. The number of nitrogens with zero attached hydrogens (tertiary/aromatic N) is 6. The standard InChI is InChI=1S/C24H24N3.C21H15N3.CH3I/c1-25-10-4-19(5-11-25)22-16-23(20-6-12-26(2)13-7-20)18-24(17-22)21-8-14-27(3)15-9-21;1-7-22-8-2-16(1)19-13-20(17-3-9-23-10-4-17)15-21(14-19)18-5-11-24-12-6-18;1-2/h4-18H,1-3H3;1-15H;1H3/q+3;;. The van der Waals surface area contributed by atoms with Crippen molar-refractivity contribution in [3.63, 3.8) is 0 Å². The summed E-state index contributed by atoms with van der Waals surface area (Å²) < 4.78 is 6.17. The zero-order chi connectivity index (χ0) is 37.0. The summed E-state index contributed by atoms with van der Waals surface area (Å²) in [4.78, 5) is 14.3. The molecule has 8 rings (SSSR count). The van der Waals surface area contributed by atoms with E-state index in [0.29, 0.717) is 0 Å². The number of rotatable bonds is 6. The van der Waals surface area contributed by atoms with Crippen molar-refractivity contribution in [2.75, 3.05) is 4.93 Å². The Kier molecular flexibility index (Phi) is 12.5. The van der Waals surface area contributed by atoms with Gasteiger partial charge >= 0.3 is 0 Å². The van der Waals surface area contributed by atoms with E-state index in [1.807, 2.05) is 99.7 Å². The van der Waals surface area contributed by atoms with Crippen molar-refractivity contribution in [2.24, 2.45) is 21.1 Å². The predicted molar refractivity (Wildman–Crippen MR) is 222 cm³/mol. The second-order valence-electron chi connectivity index (χ2n) is 12.6. The fourth-order valence-electron chi connectivity index (χ4n) is 5.97. The van der Waals surface area contributed by atoms with Crippen molar-refractivity contribution in [3.05, 3.63) is 184 Å². The molecule has 0 fully saturated rings. The van der Waals surface area contributed by atoms with Crippen LogP contribution >= 0.6 is 22.6 Å². The second kappa shape index (κ2) is 18.0. The SMILES string of the molecule is CI.C[n+]1ccc(-c2cc(-c3cc[n+](C)cc3)cc(-c3cc[n+](C)cc3)c2)cc1.c1cc(-c2cc(-c3ccncc3)cc(-c3ccncc3)c2)ccn1. The van der Waals surface area contributed by atoms with Crippen LogP contribution in [0.2, 0.25) is 0 Å². The van der Waals surface area contributed by atoms with Gasteiger partial charge in [0.1, 0.15) is 21.1 Å². The number of alkyl halides is 1. The Morgan fingerprint density at radius 3 is 0.642 bits per heavy atom. The molecule has 0 radical (unpaired) electrons. The third-order valence-corrected chi connectivity index (χ3v) is 8.84. The van der Waals surface area contributed by atoms with Gasteiger partial charge in [0.15, 0.2) is 37.2 Å². The average molecular weight is 806 g/mol. The lowest BCUT2D eigenvalue weighted by Gasteiger charge is -2.11. The van der Waals surface area contributed by atoms with Crippen LogP contribution in [0.15, 0.2) is 184 Å². The van der Waals surface area contributed by atoms with Crippen molar-refractivity contribution >= 4 is 22.6 Å². The lowest BCUT2D eigenvalue weighted by Crippen LogP contribution is -2.25. The molecule has 2 aromatic carbocycles. The minimum absolute atomic E-state index is 1.15. The highest BCUT2D eigenvalue weighted by Crippen LogP contribution is 2.33. The summed E-state index contributed by atoms with van der Waals surface area (Å²) in [5.74, 6) is 0. The Morgan fingerprint density at radius 1 is 0.283 bits per heavy atom. The van der Waals surface area contributed by atoms with Crippen LogP contribution in [0.3, 0.4) is 0 Å². The van der Waals surface area contributed by atoms with Gasteiger partial charge in [-0.25, -0.2) is 13.7 Å². The molecular weight excluding hydrogens is 763 g/mol. The van der Waals surface area contributed by atoms with E-state index < -0.39 is 0 Å². The first-order valence-corrected chi connectivity index (χ1v) is 19.4. The molecule has 0 bridgehead atoms. The molecule has 6 nitrogen and oxygen atoms in total. The van der Waals surface area contributed by atoms with E-state index in [9.17, 15) is 0 Å². The summed E-state index contributed by atoms with van der Waals surface area (Å²) in [6.07, 6.45) is 23.5. The molecule has 0 amide bonds. The van der Waals surface area contributed by atoms with E-state index >= 15 is 0 Å². The zero-order valence-electron chi connectivity index (χ0n) is 30.4. The summed E-state index contributed by atoms with van der Waals surface area (Å²) in [6.45, 7) is 0. The molecule has 7 heteroatoms. The smallest absolute Gasteiger partial charge is 0.169 e. The number of aromatic nitrogens is 6. The number of aryl methyl sites for hydroxylation is 3. The van der Waals surface area contributed by atoms with Crippen LogP contribution in [0.25, 0.3) is 66.8 Å². The largest absolute Gasteiger partial charge is 0.265 e. The maximum Gasteiger partial charge on any atom is 0.169 e. The first-order valence-electron chi connectivity index (χ1n) is 17.2. The number of hydrogen-bond donors (Lipinski definition) is 0. The molecule has 0 N–H and O–H groups in total. The average Bonchev–Trinajstić information content (AvgIpc) is 3.23. The van der Waals surface area contributed by atoms with Gasteiger partial charge in [0.2, 0.25) is 0 Å². The van der Waals surface area contributed by atoms with Crippen molar-refractivity contribution in [1.82, 2.24) is 15.0 Å². The molecule has 0 aliphatic carbocycles. The quantitative estimate of drug-likeness (QED) is 0.0958. The van der Waals surface area contributed by atoms with E-state index in [1.165, 1.54) is 50.1 Å². The van der Waals surface area contributed by atoms with E-state index in [4.69, 9.17) is 0 Å². The van der Waals surface area contributed by atoms with Gasteiger partial charge in [-0.1, -0.05) is 22.6 Å². The molecule has 8 aromatic rings. The van der Waals surface area contributed by atoms with Crippen LogP contribution in [0.1, 0.15) is 0 Å². The minimum atomic E-state index is 1.15. The molecule has 0 saturated carbocycles. The molecular formula is C46H42IN6+3. The van der Waals surface area contributed by atoms with Crippen LogP contribution in [0, 0.1) is 0 Å². The lowest BCUT2D eigenvalue weighted by atomic mass is 9.94. The minimum Gasteiger partial charge on any atom is -0.265 e. The molecule has 0 aliphatic rings. The molecule has 6 heterocycles. The van der Waals surface area contributed by atoms with Gasteiger partial charge in [-0.05, 0) is 144 Å². The van der Waals surface area contributed by atoms with Crippen molar-refractivity contribution < 1.29 is 13.7 Å². The van der Waals surface area contributed by atoms with Crippen molar-refractivity contribution in [1.29, 1.82) is 0 Å². The molecule has 0 aliphatic heterocycles. The lowest BCUT2D eigenvalue weighted by molar-refractivity contribution is -0.671. The Morgan fingerprint density at radius 2 is 0.453 bits per heavy atom. The van der Waals surface area contributed by atoms with Crippen molar-refractivity contribution in [2.45, 2.75) is 0 Å². The van der Waals surface area contributed by atoms with Crippen LogP contribution in [0.4, 0.5) is 0 Å². The summed E-state index contributed by atoms with van der Waals surface area (Å²) in [5, 5.41) is 0. The number of benzene rings is 2. The highest BCUT2D eigenvalue weighted by atomic mass is 127. The van der Waals surface area contributed by atoms with Crippen LogP contribution in [-0.2, 0) is 21.1 Å². The molecule has 0 saturated heterocycles. The summed E-state index contributed by atoms with van der Waals surface area (Å²) in [6, 6.07) is 38.6. The molecule has 6 aromatic heterocycles. The van der Waals surface area contributed by atoms with E-state index in [0.717, 1.165) is 16.7 Å². The Balaban J connectivity index is 0.000000174. The molecule has 0 atom stereocenters. The van der Waals surface area contributed by atoms with Gasteiger partial charge in [0.05, 0.1) is 0 Å². The van der Waals surface area contributed by atoms with Crippen molar-refractivity contribution in [3.8, 4) is 66.8 Å². The third kappa shape index (κ3) is 9.69. The van der Waals surface area contributed by atoms with Gasteiger partial charge in [0.25, 0.3) is 0 Å². The van der Waals surface area contributed by atoms with Crippen LogP contribution in [0.5, 0.6) is 0 Å². The van der Waals surface area contributed by atoms with Gasteiger partial charge in [-0.3, -0.25) is 15.0 Å². The highest BCUT2D eigenvalue weighted by molar-refractivity contribution is 14.1. The first-order chi connectivity index (χ1) is 26.0. The van der Waals surface area contributed by atoms with Gasteiger partial charge < -0.3 is 0 Å². The van der Waals surface area contributed by atoms with Gasteiger partial charge in [-0.2, -0.15) is 0 Å². The topological polar surface area (TPSA) is 50.3 Å². The normalized spacial score (nSPS) is 10.4. The van der Waals surface area contributed by atoms with E-state index in [1.54, 1.807) is 0 Å². The Labute approximate surface area is 326 Å². The van der Waals surface area contributed by atoms with Crippen LogP contribution < -0.4 is 13.7 Å². The second-order valence-corrected chi connectivity index (χ2v) is 12.6. The van der Waals surface area contributed by atoms with Gasteiger partial charge in [0, 0.05) is 73.6 Å². The van der Waals surface area contributed by atoms with Crippen LogP contribution in [-0.4, -0.2) is 19.9 Å². The molecule has 0 unspecified atom stereocenters. The maximum absolute atomic E-state index is 4.12. The summed E-state index contributed by atoms with van der Waals surface area (Å²) in [5.41, 5.74) is 14.3.